The fraction of sp³-hybridized carbons (Fsp3) is 0.125. The molecule has 3 nitrogen and oxygen atoms in total. The minimum Gasteiger partial charge on any atom is -0.411 e. The van der Waals surface area contributed by atoms with Crippen molar-refractivity contribution in [3.05, 3.63) is 64.1 Å². The zero-order valence-electron chi connectivity index (χ0n) is 12.0. The van der Waals surface area contributed by atoms with E-state index in [9.17, 15) is 13.2 Å². The third-order valence-electron chi connectivity index (χ3n) is 3.13. The normalized spacial score (nSPS) is 11.7. The largest absolute Gasteiger partial charge is 0.416 e. The van der Waals surface area contributed by atoms with E-state index in [1.54, 1.807) is 6.07 Å². The molecule has 0 aliphatic carbocycles. The van der Waals surface area contributed by atoms with Crippen molar-refractivity contribution in [2.45, 2.75) is 17.2 Å². The molecule has 0 unspecified atom stereocenters. The summed E-state index contributed by atoms with van der Waals surface area (Å²) in [5, 5.41) is 8.20. The molecule has 0 aliphatic rings. The van der Waals surface area contributed by atoms with E-state index in [-0.39, 0.29) is 0 Å². The van der Waals surface area contributed by atoms with E-state index >= 15 is 0 Å². The molecule has 0 fully saturated rings. The lowest BCUT2D eigenvalue weighted by Crippen LogP contribution is -2.04. The zero-order valence-corrected chi connectivity index (χ0v) is 14.5. The number of thioether (sulfide) groups is 1. The number of rotatable bonds is 4. The number of aromatic nitrogens is 2. The van der Waals surface area contributed by atoms with Gasteiger partial charge in [-0.05, 0) is 39.7 Å². The minimum atomic E-state index is -4.35. The highest BCUT2D eigenvalue weighted by atomic mass is 79.9. The van der Waals surface area contributed by atoms with Gasteiger partial charge in [0.05, 0.1) is 11.1 Å². The molecule has 3 aromatic rings. The van der Waals surface area contributed by atoms with Crippen LogP contribution in [0.2, 0.25) is 0 Å². The SMILES string of the molecule is FC(F)(F)c1cccc(CSc2nnc(-c3ccccc3Br)o2)c1. The standard InChI is InChI=1S/C16H10BrF3N2OS/c17-13-7-2-1-6-12(13)14-21-22-15(23-14)24-9-10-4-3-5-11(8-10)16(18,19)20/h1-8H,9H2. The van der Waals surface area contributed by atoms with Crippen molar-refractivity contribution >= 4 is 27.7 Å². The van der Waals surface area contributed by atoms with Gasteiger partial charge in [0.25, 0.3) is 5.22 Å². The first-order valence-electron chi connectivity index (χ1n) is 6.81. The fourth-order valence-electron chi connectivity index (χ4n) is 1.99. The fourth-order valence-corrected chi connectivity index (χ4v) is 3.15. The van der Waals surface area contributed by atoms with Crippen molar-refractivity contribution in [3.8, 4) is 11.5 Å². The molecular formula is C16H10BrF3N2OS. The number of hydrogen-bond acceptors (Lipinski definition) is 4. The van der Waals surface area contributed by atoms with E-state index in [1.165, 1.54) is 17.8 Å². The van der Waals surface area contributed by atoms with Gasteiger partial charge in [-0.3, -0.25) is 0 Å². The Hall–Kier alpha value is -1.80. The summed E-state index contributed by atoms with van der Waals surface area (Å²) < 4.78 is 44.5. The molecule has 0 amide bonds. The molecule has 0 radical (unpaired) electrons. The van der Waals surface area contributed by atoms with Crippen LogP contribution in [0.1, 0.15) is 11.1 Å². The molecule has 0 aliphatic heterocycles. The molecule has 24 heavy (non-hydrogen) atoms. The number of halogens is 4. The summed E-state index contributed by atoms with van der Waals surface area (Å²) in [6, 6.07) is 12.6. The maximum Gasteiger partial charge on any atom is 0.416 e. The highest BCUT2D eigenvalue weighted by Gasteiger charge is 2.30. The van der Waals surface area contributed by atoms with Crippen molar-refractivity contribution in [2.75, 3.05) is 0 Å². The van der Waals surface area contributed by atoms with Gasteiger partial charge in [0.15, 0.2) is 0 Å². The van der Waals surface area contributed by atoms with Crippen molar-refractivity contribution in [2.24, 2.45) is 0 Å². The molecule has 0 saturated carbocycles. The highest BCUT2D eigenvalue weighted by Crippen LogP contribution is 2.32. The quantitative estimate of drug-likeness (QED) is 0.504. The van der Waals surface area contributed by atoms with Crippen LogP contribution in [0.5, 0.6) is 0 Å². The first-order valence-corrected chi connectivity index (χ1v) is 8.59. The second-order valence-electron chi connectivity index (χ2n) is 4.84. The third kappa shape index (κ3) is 3.99. The summed E-state index contributed by atoms with van der Waals surface area (Å²) >= 11 is 4.59. The number of alkyl halides is 3. The lowest BCUT2D eigenvalue weighted by Gasteiger charge is -2.07. The maximum absolute atomic E-state index is 12.7. The van der Waals surface area contributed by atoms with Gasteiger partial charge < -0.3 is 4.42 Å². The summed E-state index contributed by atoms with van der Waals surface area (Å²) in [6.07, 6.45) is -4.35. The molecule has 0 atom stereocenters. The van der Waals surface area contributed by atoms with E-state index in [1.807, 2.05) is 24.3 Å². The van der Waals surface area contributed by atoms with Gasteiger partial charge >= 0.3 is 6.18 Å². The summed E-state index contributed by atoms with van der Waals surface area (Å²) in [5.74, 6) is 0.663. The molecular weight excluding hydrogens is 405 g/mol. The maximum atomic E-state index is 12.7. The predicted molar refractivity (Wildman–Crippen MR) is 88.4 cm³/mol. The van der Waals surface area contributed by atoms with Crippen LogP contribution in [0, 0.1) is 0 Å². The Kier molecular flexibility index (Phi) is 4.96. The van der Waals surface area contributed by atoms with Crippen LogP contribution < -0.4 is 0 Å². The van der Waals surface area contributed by atoms with Gasteiger partial charge in [0.2, 0.25) is 5.89 Å². The Balaban J connectivity index is 1.71. The first-order chi connectivity index (χ1) is 11.4. The highest BCUT2D eigenvalue weighted by molar-refractivity contribution is 9.10. The molecule has 2 aromatic carbocycles. The average Bonchev–Trinajstić information content (AvgIpc) is 3.02. The third-order valence-corrected chi connectivity index (χ3v) is 4.71. The Morgan fingerprint density at radius 3 is 2.58 bits per heavy atom. The van der Waals surface area contributed by atoms with Gasteiger partial charge in [-0.1, -0.05) is 42.1 Å². The number of benzene rings is 2. The van der Waals surface area contributed by atoms with E-state index in [0.29, 0.717) is 22.4 Å². The lowest BCUT2D eigenvalue weighted by atomic mass is 10.1. The molecule has 0 spiro atoms. The summed E-state index contributed by atoms with van der Waals surface area (Å²) in [5.41, 5.74) is 0.631. The topological polar surface area (TPSA) is 38.9 Å². The van der Waals surface area contributed by atoms with Crippen LogP contribution in [0.3, 0.4) is 0 Å². The second-order valence-corrected chi connectivity index (χ2v) is 6.62. The summed E-state index contributed by atoms with van der Waals surface area (Å²) in [7, 11) is 0. The average molecular weight is 415 g/mol. The summed E-state index contributed by atoms with van der Waals surface area (Å²) in [6.45, 7) is 0. The number of nitrogens with zero attached hydrogens (tertiary/aromatic N) is 2. The van der Waals surface area contributed by atoms with Crippen LogP contribution >= 0.6 is 27.7 Å². The Labute approximate surface area is 148 Å². The van der Waals surface area contributed by atoms with Gasteiger partial charge in [0.1, 0.15) is 0 Å². The molecule has 3 rings (SSSR count). The molecule has 1 aromatic heterocycles. The van der Waals surface area contributed by atoms with Crippen LogP contribution in [0.4, 0.5) is 13.2 Å². The second kappa shape index (κ2) is 6.98. The van der Waals surface area contributed by atoms with Gasteiger partial charge in [0, 0.05) is 10.2 Å². The van der Waals surface area contributed by atoms with Crippen LogP contribution in [0.25, 0.3) is 11.5 Å². The zero-order chi connectivity index (χ0) is 17.2. The van der Waals surface area contributed by atoms with Crippen LogP contribution in [-0.4, -0.2) is 10.2 Å². The van der Waals surface area contributed by atoms with E-state index in [2.05, 4.69) is 26.1 Å². The predicted octanol–water partition coefficient (Wildman–Crippen LogP) is 5.81. The summed E-state index contributed by atoms with van der Waals surface area (Å²) in [4.78, 5) is 0. The molecule has 1 heterocycles. The molecule has 0 N–H and O–H groups in total. The van der Waals surface area contributed by atoms with Gasteiger partial charge in [-0.2, -0.15) is 13.2 Å². The lowest BCUT2D eigenvalue weighted by molar-refractivity contribution is -0.137. The molecule has 8 heteroatoms. The van der Waals surface area contributed by atoms with Crippen LogP contribution in [0.15, 0.2) is 62.6 Å². The molecule has 0 bridgehead atoms. The Morgan fingerprint density at radius 1 is 1.04 bits per heavy atom. The first kappa shape index (κ1) is 17.0. The smallest absolute Gasteiger partial charge is 0.411 e. The van der Waals surface area contributed by atoms with Crippen LogP contribution in [-0.2, 0) is 11.9 Å². The van der Waals surface area contributed by atoms with Crippen molar-refractivity contribution in [1.29, 1.82) is 0 Å². The van der Waals surface area contributed by atoms with Gasteiger partial charge in [-0.25, -0.2) is 0 Å². The minimum absolute atomic E-state index is 0.304. The molecule has 0 saturated heterocycles. The Bertz CT molecular complexity index is 851. The van der Waals surface area contributed by atoms with Crippen molar-refractivity contribution < 1.29 is 17.6 Å². The van der Waals surface area contributed by atoms with E-state index < -0.39 is 11.7 Å². The van der Waals surface area contributed by atoms with E-state index in [4.69, 9.17) is 4.42 Å². The van der Waals surface area contributed by atoms with E-state index in [0.717, 1.165) is 22.2 Å². The van der Waals surface area contributed by atoms with Crippen molar-refractivity contribution in [1.82, 2.24) is 10.2 Å². The monoisotopic (exact) mass is 414 g/mol. The van der Waals surface area contributed by atoms with Gasteiger partial charge in [-0.15, -0.1) is 10.2 Å². The molecule has 124 valence electrons. The Morgan fingerprint density at radius 2 is 1.83 bits per heavy atom. The van der Waals surface area contributed by atoms with Crippen molar-refractivity contribution in [3.63, 3.8) is 0 Å². The number of hydrogen-bond donors (Lipinski definition) is 0.